The van der Waals surface area contributed by atoms with Gasteiger partial charge in [0, 0.05) is 24.7 Å². The summed E-state index contributed by atoms with van der Waals surface area (Å²) in [6.07, 6.45) is 6.33. The van der Waals surface area contributed by atoms with Gasteiger partial charge in [-0.25, -0.2) is 0 Å². The Morgan fingerprint density at radius 3 is 2.63 bits per heavy atom. The molecule has 1 saturated heterocycles. The van der Waals surface area contributed by atoms with E-state index in [9.17, 15) is 19.6 Å². The third-order valence-electron chi connectivity index (χ3n) is 5.70. The van der Waals surface area contributed by atoms with E-state index in [4.69, 9.17) is 0 Å². The van der Waals surface area contributed by atoms with E-state index in [1.807, 2.05) is 13.8 Å². The molecule has 1 unspecified atom stereocenters. The minimum Gasteiger partial charge on any atom is -0.340 e. The summed E-state index contributed by atoms with van der Waals surface area (Å²) in [5, 5.41) is 15.5. The molecule has 0 aromatic carbocycles. The SMILES string of the molecule is CC(C)C[C@H](CC(=O)C1CCCN1)C(=O)N[C@H](C#N)C[C@@H]1CCCCC1=O. The van der Waals surface area contributed by atoms with Gasteiger partial charge < -0.3 is 10.6 Å². The van der Waals surface area contributed by atoms with Crippen LogP contribution in [0.5, 0.6) is 0 Å². The molecular weight excluding hydrogens is 342 g/mol. The Bertz CT molecular complexity index is 576. The minimum absolute atomic E-state index is 0.0873. The molecule has 2 aliphatic rings. The summed E-state index contributed by atoms with van der Waals surface area (Å²) in [4.78, 5) is 37.3. The molecule has 27 heavy (non-hydrogen) atoms. The van der Waals surface area contributed by atoms with Crippen LogP contribution >= 0.6 is 0 Å². The summed E-state index contributed by atoms with van der Waals surface area (Å²) in [7, 11) is 0. The quantitative estimate of drug-likeness (QED) is 0.645. The number of Topliss-reactive ketones (excluding diaryl/α,β-unsaturated/α-hetero) is 2. The fourth-order valence-electron chi connectivity index (χ4n) is 4.22. The van der Waals surface area contributed by atoms with Crippen molar-refractivity contribution in [1.82, 2.24) is 10.6 Å². The lowest BCUT2D eigenvalue weighted by molar-refractivity contribution is -0.131. The smallest absolute Gasteiger partial charge is 0.224 e. The number of nitrogens with zero attached hydrogens (tertiary/aromatic N) is 1. The van der Waals surface area contributed by atoms with Crippen molar-refractivity contribution < 1.29 is 14.4 Å². The number of carbonyl (C=O) groups is 3. The normalized spacial score (nSPS) is 25.0. The van der Waals surface area contributed by atoms with Crippen LogP contribution in [0.25, 0.3) is 0 Å². The monoisotopic (exact) mass is 375 g/mol. The van der Waals surface area contributed by atoms with Crippen LogP contribution in [0.1, 0.15) is 71.6 Å². The second-order valence-corrected chi connectivity index (χ2v) is 8.48. The Kier molecular flexibility index (Phi) is 8.43. The molecule has 6 nitrogen and oxygen atoms in total. The molecule has 0 aromatic rings. The average Bonchev–Trinajstić information content (AvgIpc) is 3.16. The number of amides is 1. The van der Waals surface area contributed by atoms with Gasteiger partial charge in [-0.3, -0.25) is 14.4 Å². The highest BCUT2D eigenvalue weighted by molar-refractivity contribution is 5.90. The van der Waals surface area contributed by atoms with E-state index in [-0.39, 0.29) is 41.8 Å². The summed E-state index contributed by atoms with van der Waals surface area (Å²) in [6.45, 7) is 4.91. The van der Waals surface area contributed by atoms with Gasteiger partial charge in [0.2, 0.25) is 5.91 Å². The second-order valence-electron chi connectivity index (χ2n) is 8.48. The molecule has 2 N–H and O–H groups in total. The number of rotatable bonds is 9. The van der Waals surface area contributed by atoms with Gasteiger partial charge in [0.05, 0.1) is 12.1 Å². The lowest BCUT2D eigenvalue weighted by Gasteiger charge is -2.25. The number of carbonyl (C=O) groups excluding carboxylic acids is 3. The predicted molar refractivity (Wildman–Crippen MR) is 103 cm³/mol. The van der Waals surface area contributed by atoms with E-state index in [0.29, 0.717) is 19.3 Å². The van der Waals surface area contributed by atoms with Gasteiger partial charge in [-0.05, 0) is 51.0 Å². The highest BCUT2D eigenvalue weighted by Gasteiger charge is 2.31. The zero-order valence-corrected chi connectivity index (χ0v) is 16.6. The molecule has 150 valence electrons. The van der Waals surface area contributed by atoms with Crippen LogP contribution in [-0.2, 0) is 14.4 Å². The molecule has 0 aromatic heterocycles. The van der Waals surface area contributed by atoms with Gasteiger partial charge >= 0.3 is 0 Å². The highest BCUT2D eigenvalue weighted by atomic mass is 16.2. The molecule has 4 atom stereocenters. The minimum atomic E-state index is -0.668. The number of nitriles is 1. The molecule has 0 radical (unpaired) electrons. The number of ketones is 2. The largest absolute Gasteiger partial charge is 0.340 e. The van der Waals surface area contributed by atoms with Crippen molar-refractivity contribution in [1.29, 1.82) is 5.26 Å². The van der Waals surface area contributed by atoms with E-state index < -0.39 is 12.0 Å². The van der Waals surface area contributed by atoms with Crippen LogP contribution in [0.2, 0.25) is 0 Å². The molecule has 1 aliphatic heterocycles. The number of hydrogen-bond donors (Lipinski definition) is 2. The third-order valence-corrected chi connectivity index (χ3v) is 5.70. The summed E-state index contributed by atoms with van der Waals surface area (Å²) >= 11 is 0. The Morgan fingerprint density at radius 2 is 2.04 bits per heavy atom. The Labute approximate surface area is 162 Å². The van der Waals surface area contributed by atoms with E-state index in [0.717, 1.165) is 38.6 Å². The van der Waals surface area contributed by atoms with Crippen LogP contribution in [0.3, 0.4) is 0 Å². The molecular formula is C21H33N3O3. The van der Waals surface area contributed by atoms with Crippen LogP contribution in [0, 0.1) is 29.1 Å². The first-order valence-corrected chi connectivity index (χ1v) is 10.4. The van der Waals surface area contributed by atoms with Crippen molar-refractivity contribution in [2.45, 2.75) is 83.7 Å². The Morgan fingerprint density at radius 1 is 1.26 bits per heavy atom. The van der Waals surface area contributed by atoms with Gasteiger partial charge in [0.25, 0.3) is 0 Å². The van der Waals surface area contributed by atoms with Crippen LogP contribution in [0.4, 0.5) is 0 Å². The topological polar surface area (TPSA) is 99.1 Å². The summed E-state index contributed by atoms with van der Waals surface area (Å²) in [5.41, 5.74) is 0. The summed E-state index contributed by atoms with van der Waals surface area (Å²) in [6, 6.07) is 1.33. The molecule has 2 rings (SSSR count). The van der Waals surface area contributed by atoms with Crippen molar-refractivity contribution in [3.8, 4) is 6.07 Å². The van der Waals surface area contributed by atoms with E-state index in [1.54, 1.807) is 0 Å². The van der Waals surface area contributed by atoms with Crippen molar-refractivity contribution in [2.75, 3.05) is 6.54 Å². The maximum Gasteiger partial charge on any atom is 0.224 e. The third kappa shape index (κ3) is 6.73. The second kappa shape index (κ2) is 10.6. The standard InChI is InChI=1S/C21H33N3O3/c1-14(2)10-16(12-20(26)18-7-5-9-23-18)21(27)24-17(13-22)11-15-6-3-4-8-19(15)25/h14-18,23H,3-12H2,1-2H3,(H,24,27)/t15-,16+,17-,18?/m0/s1. The zero-order chi connectivity index (χ0) is 19.8. The lowest BCUT2D eigenvalue weighted by atomic mass is 9.83. The van der Waals surface area contributed by atoms with Crippen molar-refractivity contribution >= 4 is 17.5 Å². The van der Waals surface area contributed by atoms with E-state index in [2.05, 4.69) is 16.7 Å². The average molecular weight is 376 g/mol. The number of nitrogens with one attached hydrogen (secondary N) is 2. The maximum absolute atomic E-state index is 12.8. The first kappa shape index (κ1) is 21.6. The van der Waals surface area contributed by atoms with Crippen LogP contribution in [0.15, 0.2) is 0 Å². The molecule has 6 heteroatoms. The maximum atomic E-state index is 12.8. The molecule has 2 fully saturated rings. The van der Waals surface area contributed by atoms with Gasteiger partial charge in [0.1, 0.15) is 11.8 Å². The summed E-state index contributed by atoms with van der Waals surface area (Å²) in [5.74, 6) is -0.203. The zero-order valence-electron chi connectivity index (χ0n) is 16.6. The van der Waals surface area contributed by atoms with Crippen molar-refractivity contribution in [3.63, 3.8) is 0 Å². The molecule has 0 spiro atoms. The van der Waals surface area contributed by atoms with Crippen LogP contribution < -0.4 is 10.6 Å². The van der Waals surface area contributed by atoms with Gasteiger partial charge in [-0.1, -0.05) is 20.3 Å². The Balaban J connectivity index is 1.94. The molecule has 0 bridgehead atoms. The molecule has 1 heterocycles. The van der Waals surface area contributed by atoms with Crippen molar-refractivity contribution in [2.24, 2.45) is 17.8 Å². The first-order valence-electron chi connectivity index (χ1n) is 10.4. The molecule has 1 saturated carbocycles. The summed E-state index contributed by atoms with van der Waals surface area (Å²) < 4.78 is 0. The first-order chi connectivity index (χ1) is 12.9. The van der Waals surface area contributed by atoms with Gasteiger partial charge in [0.15, 0.2) is 5.78 Å². The molecule has 1 aliphatic carbocycles. The lowest BCUT2D eigenvalue weighted by Crippen LogP contribution is -2.42. The number of hydrogen-bond acceptors (Lipinski definition) is 5. The highest BCUT2D eigenvalue weighted by Crippen LogP contribution is 2.25. The van der Waals surface area contributed by atoms with Gasteiger partial charge in [-0.15, -0.1) is 0 Å². The van der Waals surface area contributed by atoms with Crippen molar-refractivity contribution in [3.05, 3.63) is 0 Å². The molecule has 1 amide bonds. The Hall–Kier alpha value is -1.74. The van der Waals surface area contributed by atoms with Crippen LogP contribution in [-0.4, -0.2) is 36.1 Å². The van der Waals surface area contributed by atoms with Gasteiger partial charge in [-0.2, -0.15) is 5.26 Å². The predicted octanol–water partition coefficient (Wildman–Crippen LogP) is 2.52. The fourth-order valence-corrected chi connectivity index (χ4v) is 4.22. The fraction of sp³-hybridized carbons (Fsp3) is 0.810. The van der Waals surface area contributed by atoms with E-state index in [1.165, 1.54) is 0 Å². The van der Waals surface area contributed by atoms with E-state index >= 15 is 0 Å².